The van der Waals surface area contributed by atoms with Crippen molar-refractivity contribution in [2.24, 2.45) is 0 Å². The molecule has 156 valence electrons. The molecule has 0 saturated heterocycles. The number of carbonyl (C=O) groups is 2. The van der Waals surface area contributed by atoms with E-state index >= 15 is 0 Å². The minimum Gasteiger partial charge on any atom is -0.461 e. The summed E-state index contributed by atoms with van der Waals surface area (Å²) >= 11 is 1.30. The number of hydrogen-bond donors (Lipinski definition) is 0. The van der Waals surface area contributed by atoms with E-state index in [0.717, 1.165) is 5.56 Å². The second-order valence-electron chi connectivity index (χ2n) is 6.66. The van der Waals surface area contributed by atoms with Crippen molar-refractivity contribution in [3.8, 4) is 11.6 Å². The molecule has 2 heterocycles. The van der Waals surface area contributed by atoms with E-state index in [2.05, 4.69) is 9.97 Å². The van der Waals surface area contributed by atoms with Crippen molar-refractivity contribution in [2.45, 2.75) is 24.9 Å². The lowest BCUT2D eigenvalue weighted by Gasteiger charge is -2.25. The maximum absolute atomic E-state index is 12.7. The molecule has 0 radical (unpaired) electrons. The molecule has 0 aliphatic rings. The van der Waals surface area contributed by atoms with E-state index in [4.69, 9.17) is 9.15 Å². The number of benzene rings is 1. The summed E-state index contributed by atoms with van der Waals surface area (Å²) in [6.07, 6.45) is 3.35. The molecule has 1 amide bonds. The normalized spacial score (nSPS) is 11.7. The summed E-state index contributed by atoms with van der Waals surface area (Å²) in [6, 6.07) is 13.0. The van der Waals surface area contributed by atoms with Crippen LogP contribution in [-0.4, -0.2) is 46.7 Å². The molecule has 0 fully saturated rings. The number of aromatic nitrogens is 2. The van der Waals surface area contributed by atoms with Crippen LogP contribution in [0.15, 0.2) is 58.2 Å². The Kier molecular flexibility index (Phi) is 6.89. The quantitative estimate of drug-likeness (QED) is 0.319. The van der Waals surface area contributed by atoms with Gasteiger partial charge in [0.15, 0.2) is 18.2 Å². The highest BCUT2D eigenvalue weighted by molar-refractivity contribution is 7.98. The minimum absolute atomic E-state index is 0.142. The van der Waals surface area contributed by atoms with Crippen LogP contribution in [0.4, 0.5) is 0 Å². The van der Waals surface area contributed by atoms with E-state index in [-0.39, 0.29) is 24.1 Å². The van der Waals surface area contributed by atoms with Crippen LogP contribution in [0.1, 0.15) is 34.6 Å². The Morgan fingerprint density at radius 1 is 1.17 bits per heavy atom. The molecule has 1 aromatic carbocycles. The van der Waals surface area contributed by atoms with Crippen LogP contribution in [0, 0.1) is 6.92 Å². The van der Waals surface area contributed by atoms with Gasteiger partial charge in [0.1, 0.15) is 10.6 Å². The van der Waals surface area contributed by atoms with Gasteiger partial charge in [-0.3, -0.25) is 4.79 Å². The number of nitrogens with zero attached hydrogens (tertiary/aromatic N) is 3. The minimum atomic E-state index is -0.628. The number of amides is 1. The maximum Gasteiger partial charge on any atom is 0.343 e. The fraction of sp³-hybridized carbons (Fsp3) is 0.273. The van der Waals surface area contributed by atoms with Gasteiger partial charge in [0.05, 0.1) is 18.0 Å². The molecule has 8 heteroatoms. The smallest absolute Gasteiger partial charge is 0.343 e. The Morgan fingerprint density at radius 2 is 1.90 bits per heavy atom. The molecule has 7 nitrogen and oxygen atoms in total. The molecule has 0 bridgehead atoms. The summed E-state index contributed by atoms with van der Waals surface area (Å²) in [5.41, 5.74) is 1.72. The summed E-state index contributed by atoms with van der Waals surface area (Å²) in [4.78, 5) is 35.6. The third-order valence-electron chi connectivity index (χ3n) is 4.78. The largest absolute Gasteiger partial charge is 0.461 e. The van der Waals surface area contributed by atoms with Crippen LogP contribution in [0.25, 0.3) is 11.6 Å². The van der Waals surface area contributed by atoms with Crippen LogP contribution in [-0.2, 0) is 9.53 Å². The van der Waals surface area contributed by atoms with E-state index in [9.17, 15) is 9.59 Å². The van der Waals surface area contributed by atoms with Gasteiger partial charge in [0.2, 0.25) is 0 Å². The predicted octanol–water partition coefficient (Wildman–Crippen LogP) is 4.14. The molecule has 2 aromatic heterocycles. The number of likely N-dealkylation sites (N-methyl/N-ethyl adjacent to an activating group) is 1. The average molecular weight is 426 g/mol. The van der Waals surface area contributed by atoms with E-state index in [1.54, 1.807) is 31.0 Å². The topological polar surface area (TPSA) is 85.5 Å². The van der Waals surface area contributed by atoms with Crippen LogP contribution < -0.4 is 0 Å². The molecule has 0 aliphatic heterocycles. The Balaban J connectivity index is 1.70. The van der Waals surface area contributed by atoms with Gasteiger partial charge in [-0.15, -0.1) is 11.8 Å². The van der Waals surface area contributed by atoms with Gasteiger partial charge in [-0.25, -0.2) is 14.8 Å². The summed E-state index contributed by atoms with van der Waals surface area (Å²) in [5.74, 6) is -0.0148. The number of ether oxygens (including phenoxy) is 1. The SMILES string of the molecule is CSc1nc(-c2ccco2)nc(C)c1C(=O)OCC(=O)N(C)C(C)c1ccccc1. The van der Waals surface area contributed by atoms with Gasteiger partial charge in [0, 0.05) is 7.05 Å². The predicted molar refractivity (Wildman–Crippen MR) is 114 cm³/mol. The third kappa shape index (κ3) is 4.71. The van der Waals surface area contributed by atoms with Crippen LogP contribution >= 0.6 is 11.8 Å². The van der Waals surface area contributed by atoms with Crippen molar-refractivity contribution < 1.29 is 18.7 Å². The molecule has 0 N–H and O–H groups in total. The highest BCUT2D eigenvalue weighted by Gasteiger charge is 2.23. The number of rotatable bonds is 7. The fourth-order valence-corrected chi connectivity index (χ4v) is 3.53. The Morgan fingerprint density at radius 3 is 2.53 bits per heavy atom. The van der Waals surface area contributed by atoms with E-state index in [1.165, 1.54) is 18.0 Å². The van der Waals surface area contributed by atoms with Gasteiger partial charge in [-0.1, -0.05) is 30.3 Å². The highest BCUT2D eigenvalue weighted by atomic mass is 32.2. The molecular weight excluding hydrogens is 402 g/mol. The summed E-state index contributed by atoms with van der Waals surface area (Å²) < 4.78 is 10.6. The first-order chi connectivity index (χ1) is 14.4. The van der Waals surface area contributed by atoms with Gasteiger partial charge in [-0.05, 0) is 37.8 Å². The molecule has 0 saturated carbocycles. The summed E-state index contributed by atoms with van der Waals surface area (Å²) in [5, 5.41) is 0.470. The third-order valence-corrected chi connectivity index (χ3v) is 5.46. The molecule has 1 atom stereocenters. The molecule has 30 heavy (non-hydrogen) atoms. The summed E-state index contributed by atoms with van der Waals surface area (Å²) in [6.45, 7) is 3.27. The van der Waals surface area contributed by atoms with Gasteiger partial charge >= 0.3 is 5.97 Å². The monoisotopic (exact) mass is 425 g/mol. The molecule has 3 aromatic rings. The second-order valence-corrected chi connectivity index (χ2v) is 7.46. The summed E-state index contributed by atoms with van der Waals surface area (Å²) in [7, 11) is 1.69. The zero-order valence-corrected chi connectivity index (χ0v) is 18.1. The number of carbonyl (C=O) groups excluding carboxylic acids is 2. The van der Waals surface area contributed by atoms with Gasteiger partial charge in [-0.2, -0.15) is 0 Å². The lowest BCUT2D eigenvalue weighted by molar-refractivity contribution is -0.135. The zero-order chi connectivity index (χ0) is 21.7. The Hall–Kier alpha value is -3.13. The Bertz CT molecular complexity index is 1020. The van der Waals surface area contributed by atoms with Crippen LogP contribution in [0.5, 0.6) is 0 Å². The van der Waals surface area contributed by atoms with Crippen molar-refractivity contribution in [1.29, 1.82) is 0 Å². The highest BCUT2D eigenvalue weighted by Crippen LogP contribution is 2.26. The second kappa shape index (κ2) is 9.58. The van der Waals surface area contributed by atoms with Crippen molar-refractivity contribution in [3.63, 3.8) is 0 Å². The molecule has 1 unspecified atom stereocenters. The number of thioether (sulfide) groups is 1. The average Bonchev–Trinajstić information content (AvgIpc) is 3.31. The van der Waals surface area contributed by atoms with E-state index < -0.39 is 5.97 Å². The molecule has 3 rings (SSSR count). The van der Waals surface area contributed by atoms with Crippen molar-refractivity contribution >= 4 is 23.6 Å². The van der Waals surface area contributed by atoms with E-state index in [1.807, 2.05) is 43.5 Å². The zero-order valence-electron chi connectivity index (χ0n) is 17.3. The lowest BCUT2D eigenvalue weighted by Crippen LogP contribution is -2.33. The lowest BCUT2D eigenvalue weighted by atomic mass is 10.1. The number of furan rings is 1. The number of esters is 1. The molecule has 0 spiro atoms. The maximum atomic E-state index is 12.7. The van der Waals surface area contributed by atoms with E-state index in [0.29, 0.717) is 22.3 Å². The first-order valence-electron chi connectivity index (χ1n) is 9.36. The first-order valence-corrected chi connectivity index (χ1v) is 10.6. The number of aryl methyl sites for hydroxylation is 1. The fourth-order valence-electron chi connectivity index (χ4n) is 2.92. The van der Waals surface area contributed by atoms with Crippen molar-refractivity contribution in [2.75, 3.05) is 19.9 Å². The Labute approximate surface area is 179 Å². The van der Waals surface area contributed by atoms with Crippen LogP contribution in [0.2, 0.25) is 0 Å². The van der Waals surface area contributed by atoms with Crippen molar-refractivity contribution in [1.82, 2.24) is 14.9 Å². The standard InChI is InChI=1S/C22H23N3O4S/c1-14-19(21(30-4)24-20(23-14)17-11-8-12-28-17)22(27)29-13-18(26)25(3)15(2)16-9-6-5-7-10-16/h5-12,15H,13H2,1-4H3. The number of hydrogen-bond acceptors (Lipinski definition) is 7. The molecule has 0 aliphatic carbocycles. The van der Waals surface area contributed by atoms with Crippen molar-refractivity contribution in [3.05, 3.63) is 65.5 Å². The van der Waals surface area contributed by atoms with Crippen LogP contribution in [0.3, 0.4) is 0 Å². The first kappa shape index (κ1) is 21.6. The van der Waals surface area contributed by atoms with Gasteiger partial charge in [0.25, 0.3) is 5.91 Å². The molecular formula is C22H23N3O4S. The van der Waals surface area contributed by atoms with Gasteiger partial charge < -0.3 is 14.1 Å².